The first-order chi connectivity index (χ1) is 15.4. The topological polar surface area (TPSA) is 83.5 Å². The average Bonchev–Trinajstić information content (AvgIpc) is 3.17. The zero-order valence-electron chi connectivity index (χ0n) is 17.1. The van der Waals surface area contributed by atoms with Crippen LogP contribution in [-0.2, 0) is 0 Å². The monoisotopic (exact) mass is 527 g/mol. The Morgan fingerprint density at radius 1 is 1.19 bits per heavy atom. The van der Waals surface area contributed by atoms with Crippen molar-refractivity contribution in [3.8, 4) is 22.1 Å². The third-order valence-corrected chi connectivity index (χ3v) is 6.43. The van der Waals surface area contributed by atoms with Crippen molar-refractivity contribution in [2.45, 2.75) is 6.92 Å². The third kappa shape index (κ3) is 4.59. The smallest absolute Gasteiger partial charge is 0.261 e. The van der Waals surface area contributed by atoms with E-state index in [2.05, 4.69) is 31.5 Å². The lowest BCUT2D eigenvalue weighted by molar-refractivity contribution is 0.0974. The van der Waals surface area contributed by atoms with Crippen LogP contribution in [0.2, 0.25) is 0 Å². The summed E-state index contributed by atoms with van der Waals surface area (Å²) in [4.78, 5) is 17.3. The number of halogens is 1. The van der Waals surface area contributed by atoms with Crippen molar-refractivity contribution in [3.63, 3.8) is 0 Å². The minimum absolute atomic E-state index is 0.0625. The van der Waals surface area contributed by atoms with Crippen molar-refractivity contribution in [1.29, 1.82) is 0 Å². The molecule has 1 amide bonds. The Balaban J connectivity index is 1.49. The number of hydrogen-bond donors (Lipinski definition) is 3. The van der Waals surface area contributed by atoms with Crippen LogP contribution in [0, 0.1) is 6.92 Å². The standard InChI is InChI=1S/C23H18BrN3O3S2/c1-12-9-13(24)10-16(20(12)30-2)21(29)27-23(31)25-14-7-8-15(18(28)11-14)22-26-17-5-3-4-6-19(17)32-22/h3-11,28H,1-2H3,(H2,25,27,29,31). The molecule has 6 nitrogen and oxygen atoms in total. The van der Waals surface area contributed by atoms with Crippen LogP contribution in [0.4, 0.5) is 5.69 Å². The molecule has 0 unspecified atom stereocenters. The van der Waals surface area contributed by atoms with Crippen LogP contribution in [-0.4, -0.2) is 28.2 Å². The van der Waals surface area contributed by atoms with E-state index in [1.807, 2.05) is 37.3 Å². The molecule has 0 saturated heterocycles. The summed E-state index contributed by atoms with van der Waals surface area (Å²) in [5.41, 5.74) is 3.23. The summed E-state index contributed by atoms with van der Waals surface area (Å²) in [5, 5.41) is 16.9. The summed E-state index contributed by atoms with van der Waals surface area (Å²) in [6.07, 6.45) is 0. The summed E-state index contributed by atoms with van der Waals surface area (Å²) in [7, 11) is 1.51. The third-order valence-electron chi connectivity index (χ3n) is 4.70. The first-order valence-electron chi connectivity index (χ1n) is 9.51. The van der Waals surface area contributed by atoms with Crippen molar-refractivity contribution in [1.82, 2.24) is 10.3 Å². The molecule has 0 aliphatic rings. The van der Waals surface area contributed by atoms with Crippen LogP contribution in [0.25, 0.3) is 20.8 Å². The van der Waals surface area contributed by atoms with Gasteiger partial charge in [-0.1, -0.05) is 28.1 Å². The van der Waals surface area contributed by atoms with Gasteiger partial charge in [0.15, 0.2) is 5.11 Å². The number of nitrogens with zero attached hydrogens (tertiary/aromatic N) is 1. The molecule has 0 saturated carbocycles. The number of rotatable bonds is 4. The largest absolute Gasteiger partial charge is 0.507 e. The number of phenols is 1. The molecule has 4 aromatic rings. The lowest BCUT2D eigenvalue weighted by atomic mass is 10.1. The van der Waals surface area contributed by atoms with Crippen LogP contribution in [0.3, 0.4) is 0 Å². The zero-order valence-corrected chi connectivity index (χ0v) is 20.3. The van der Waals surface area contributed by atoms with E-state index < -0.39 is 5.91 Å². The Morgan fingerprint density at radius 3 is 2.69 bits per heavy atom. The van der Waals surface area contributed by atoms with Gasteiger partial charge in [0.2, 0.25) is 0 Å². The molecule has 1 heterocycles. The SMILES string of the molecule is COc1c(C)cc(Br)cc1C(=O)NC(=S)Nc1ccc(-c2nc3ccccc3s2)c(O)c1. The number of phenolic OH excluding ortho intramolecular Hbond substituents is 1. The summed E-state index contributed by atoms with van der Waals surface area (Å²) in [6.45, 7) is 1.85. The summed E-state index contributed by atoms with van der Waals surface area (Å²) >= 11 is 10.2. The number of carbonyl (C=O) groups is 1. The summed E-state index contributed by atoms with van der Waals surface area (Å²) < 4.78 is 7.17. The van der Waals surface area contributed by atoms with E-state index in [1.54, 1.807) is 24.3 Å². The van der Waals surface area contributed by atoms with Crippen molar-refractivity contribution >= 4 is 66.4 Å². The summed E-state index contributed by atoms with van der Waals surface area (Å²) in [5.74, 6) is 0.137. The number of ether oxygens (including phenoxy) is 1. The molecular weight excluding hydrogens is 510 g/mol. The molecule has 0 atom stereocenters. The molecule has 0 radical (unpaired) electrons. The number of anilines is 1. The fourth-order valence-electron chi connectivity index (χ4n) is 3.28. The van der Waals surface area contributed by atoms with E-state index in [0.29, 0.717) is 22.6 Å². The highest BCUT2D eigenvalue weighted by Crippen LogP contribution is 2.36. The van der Waals surface area contributed by atoms with Gasteiger partial charge in [-0.15, -0.1) is 11.3 Å². The van der Waals surface area contributed by atoms with Crippen molar-refractivity contribution in [2.24, 2.45) is 0 Å². The highest BCUT2D eigenvalue weighted by atomic mass is 79.9. The van der Waals surface area contributed by atoms with E-state index in [1.165, 1.54) is 18.4 Å². The van der Waals surface area contributed by atoms with E-state index in [-0.39, 0.29) is 10.9 Å². The van der Waals surface area contributed by atoms with Gasteiger partial charge in [0.05, 0.1) is 28.5 Å². The van der Waals surface area contributed by atoms with Gasteiger partial charge in [0.1, 0.15) is 16.5 Å². The van der Waals surface area contributed by atoms with Gasteiger partial charge in [-0.3, -0.25) is 10.1 Å². The number of aryl methyl sites for hydroxylation is 1. The summed E-state index contributed by atoms with van der Waals surface area (Å²) in [6, 6.07) is 16.4. The van der Waals surface area contributed by atoms with Gasteiger partial charge >= 0.3 is 0 Å². The Bertz CT molecular complexity index is 1320. The molecule has 4 rings (SSSR count). The van der Waals surface area contributed by atoms with E-state index in [0.717, 1.165) is 25.3 Å². The van der Waals surface area contributed by atoms with Crippen molar-refractivity contribution in [2.75, 3.05) is 12.4 Å². The molecule has 0 spiro atoms. The average molecular weight is 528 g/mol. The minimum Gasteiger partial charge on any atom is -0.507 e. The van der Waals surface area contributed by atoms with Crippen LogP contribution in [0.15, 0.2) is 59.1 Å². The van der Waals surface area contributed by atoms with Gasteiger partial charge in [0.25, 0.3) is 5.91 Å². The molecule has 32 heavy (non-hydrogen) atoms. The van der Waals surface area contributed by atoms with Gasteiger partial charge in [-0.2, -0.15) is 0 Å². The van der Waals surface area contributed by atoms with Crippen LogP contribution in [0.1, 0.15) is 15.9 Å². The van der Waals surface area contributed by atoms with Gasteiger partial charge < -0.3 is 15.2 Å². The van der Waals surface area contributed by atoms with Crippen LogP contribution < -0.4 is 15.4 Å². The minimum atomic E-state index is -0.404. The van der Waals surface area contributed by atoms with E-state index in [9.17, 15) is 9.90 Å². The van der Waals surface area contributed by atoms with Gasteiger partial charge in [-0.05, 0) is 61.1 Å². The number of carbonyl (C=O) groups excluding carboxylic acids is 1. The Morgan fingerprint density at radius 2 is 1.97 bits per heavy atom. The molecule has 0 aliphatic heterocycles. The molecular formula is C23H18BrN3O3S2. The molecule has 0 bridgehead atoms. The highest BCUT2D eigenvalue weighted by molar-refractivity contribution is 9.10. The number of aromatic nitrogens is 1. The molecule has 0 aliphatic carbocycles. The van der Waals surface area contributed by atoms with Crippen molar-refractivity contribution in [3.05, 3.63) is 70.2 Å². The fraction of sp³-hybridized carbons (Fsp3) is 0.0870. The molecule has 1 aromatic heterocycles. The predicted molar refractivity (Wildman–Crippen MR) is 136 cm³/mol. The fourth-order valence-corrected chi connectivity index (χ4v) is 5.06. The maximum atomic E-state index is 12.7. The normalized spacial score (nSPS) is 10.7. The number of para-hydroxylation sites is 1. The number of thiocarbonyl (C=S) groups is 1. The number of amides is 1. The first-order valence-corrected chi connectivity index (χ1v) is 11.5. The number of benzene rings is 3. The molecule has 162 valence electrons. The Labute approximate surface area is 202 Å². The lowest BCUT2D eigenvalue weighted by Gasteiger charge is -2.14. The van der Waals surface area contributed by atoms with Crippen LogP contribution in [0.5, 0.6) is 11.5 Å². The first kappa shape index (κ1) is 22.2. The number of nitrogens with one attached hydrogen (secondary N) is 2. The molecule has 9 heteroatoms. The van der Waals surface area contributed by atoms with Crippen LogP contribution >= 0.6 is 39.5 Å². The lowest BCUT2D eigenvalue weighted by Crippen LogP contribution is -2.34. The van der Waals surface area contributed by atoms with Gasteiger partial charge in [-0.25, -0.2) is 4.98 Å². The number of methoxy groups -OCH3 is 1. The number of aromatic hydroxyl groups is 1. The Kier molecular flexibility index (Phi) is 6.40. The molecule has 3 N–H and O–H groups in total. The zero-order chi connectivity index (χ0) is 22.8. The molecule has 3 aromatic carbocycles. The quantitative estimate of drug-likeness (QED) is 0.287. The highest BCUT2D eigenvalue weighted by Gasteiger charge is 2.17. The number of hydrogen-bond acceptors (Lipinski definition) is 6. The van der Waals surface area contributed by atoms with E-state index >= 15 is 0 Å². The number of thiazole rings is 1. The van der Waals surface area contributed by atoms with Gasteiger partial charge in [0, 0.05) is 16.2 Å². The second kappa shape index (κ2) is 9.23. The molecule has 0 fully saturated rings. The van der Waals surface area contributed by atoms with Crippen molar-refractivity contribution < 1.29 is 14.6 Å². The second-order valence-electron chi connectivity index (χ2n) is 6.93. The van der Waals surface area contributed by atoms with E-state index in [4.69, 9.17) is 17.0 Å². The maximum absolute atomic E-state index is 12.7. The predicted octanol–water partition coefficient (Wildman–Crippen LogP) is 5.88. The number of fused-ring (bicyclic) bond motifs is 1. The second-order valence-corrected chi connectivity index (χ2v) is 9.28. The maximum Gasteiger partial charge on any atom is 0.261 e. The Hall–Kier alpha value is -3.01.